The Morgan fingerprint density at radius 3 is 2.71 bits per heavy atom. The van der Waals surface area contributed by atoms with E-state index >= 15 is 0 Å². The fraction of sp³-hybridized carbons (Fsp3) is 0.500. The van der Waals surface area contributed by atoms with Gasteiger partial charge in [-0.1, -0.05) is 50.9 Å². The Labute approximate surface area is 171 Å². The zero-order valence-electron chi connectivity index (χ0n) is 16.9. The molecule has 0 aliphatic carbocycles. The molecule has 5 nitrogen and oxygen atoms in total. The molecule has 2 unspecified atom stereocenters. The third-order valence-corrected chi connectivity index (χ3v) is 5.67. The van der Waals surface area contributed by atoms with Crippen molar-refractivity contribution >= 4 is 11.6 Å². The Bertz CT molecular complexity index is 807. The molecule has 2 atom stereocenters. The van der Waals surface area contributed by atoms with E-state index in [2.05, 4.69) is 25.8 Å². The van der Waals surface area contributed by atoms with Crippen molar-refractivity contribution in [3.63, 3.8) is 0 Å². The van der Waals surface area contributed by atoms with Gasteiger partial charge >= 0.3 is 6.48 Å². The van der Waals surface area contributed by atoms with Crippen LogP contribution in [0.4, 0.5) is 0 Å². The highest BCUT2D eigenvalue weighted by molar-refractivity contribution is 6.30. The number of aryl methyl sites for hydroxylation is 1. The van der Waals surface area contributed by atoms with Crippen LogP contribution in [0.25, 0.3) is 0 Å². The molecule has 28 heavy (non-hydrogen) atoms. The minimum absolute atomic E-state index is 0.171. The van der Waals surface area contributed by atoms with E-state index in [1.165, 1.54) is 0 Å². The summed E-state index contributed by atoms with van der Waals surface area (Å²) in [5, 5.41) is 10.9. The smallest absolute Gasteiger partial charge is 0.313 e. The summed E-state index contributed by atoms with van der Waals surface area (Å²) >= 11 is 5.99. The number of pyridine rings is 1. The van der Waals surface area contributed by atoms with Crippen LogP contribution in [-0.4, -0.2) is 23.2 Å². The fourth-order valence-electron chi connectivity index (χ4n) is 3.10. The predicted molar refractivity (Wildman–Crippen MR) is 108 cm³/mol. The Hall–Kier alpha value is -1.66. The van der Waals surface area contributed by atoms with E-state index in [1.54, 1.807) is 6.20 Å². The van der Waals surface area contributed by atoms with Crippen LogP contribution in [0.2, 0.25) is 5.02 Å². The fourth-order valence-corrected chi connectivity index (χ4v) is 3.23. The first-order chi connectivity index (χ1) is 13.3. The number of halogens is 1. The van der Waals surface area contributed by atoms with Crippen molar-refractivity contribution in [2.45, 2.75) is 59.7 Å². The molecule has 1 N–H and O–H groups in total. The molecule has 6 heteroatoms. The largest absolute Gasteiger partial charge is 0.439 e. The summed E-state index contributed by atoms with van der Waals surface area (Å²) < 4.78 is 17.2. The van der Waals surface area contributed by atoms with Gasteiger partial charge in [0.05, 0.1) is 18.9 Å². The van der Waals surface area contributed by atoms with Crippen molar-refractivity contribution in [3.8, 4) is 5.75 Å². The van der Waals surface area contributed by atoms with Gasteiger partial charge in [-0.25, -0.2) is 0 Å². The van der Waals surface area contributed by atoms with Gasteiger partial charge in [0, 0.05) is 22.3 Å². The summed E-state index contributed by atoms with van der Waals surface area (Å²) in [6.45, 7) is 7.81. The van der Waals surface area contributed by atoms with Crippen LogP contribution in [-0.2, 0) is 16.1 Å². The normalized spacial score (nSPS) is 17.4. The molecule has 152 valence electrons. The van der Waals surface area contributed by atoms with E-state index in [9.17, 15) is 5.11 Å². The second-order valence-electron chi connectivity index (χ2n) is 7.91. The minimum Gasteiger partial charge on any atom is -0.439 e. The molecule has 1 aliphatic rings. The molecule has 0 bridgehead atoms. The third-order valence-electron chi connectivity index (χ3n) is 5.41. The van der Waals surface area contributed by atoms with Crippen LogP contribution < -0.4 is 4.74 Å². The van der Waals surface area contributed by atoms with E-state index in [0.717, 1.165) is 29.5 Å². The second-order valence-corrected chi connectivity index (χ2v) is 8.35. The molecule has 2 aromatic rings. The highest BCUT2D eigenvalue weighted by Gasteiger charge is 2.30. The molecule has 1 aliphatic heterocycles. The molecule has 3 rings (SSSR count). The third kappa shape index (κ3) is 4.84. The van der Waals surface area contributed by atoms with E-state index in [-0.39, 0.29) is 11.5 Å². The predicted octanol–water partition coefficient (Wildman–Crippen LogP) is 5.16. The summed E-state index contributed by atoms with van der Waals surface area (Å²) in [5.74, 6) is 0.524. The van der Waals surface area contributed by atoms with E-state index in [0.29, 0.717) is 29.7 Å². The number of fused-ring (bicyclic) bond motifs is 1. The number of benzene rings is 1. The first-order valence-corrected chi connectivity index (χ1v) is 10.0. The molecule has 1 aromatic carbocycles. The molecule has 0 spiro atoms. The number of aliphatic hydroxyl groups is 1. The number of aliphatic hydroxyl groups excluding tert-OH is 1. The average Bonchev–Trinajstić information content (AvgIpc) is 3.09. The molecular weight excluding hydrogens is 378 g/mol. The van der Waals surface area contributed by atoms with E-state index in [4.69, 9.17) is 25.8 Å². The highest BCUT2D eigenvalue weighted by atomic mass is 35.5. The summed E-state index contributed by atoms with van der Waals surface area (Å²) in [4.78, 5) is 4.43. The number of nitrogens with zero attached hydrogens (tertiary/aromatic N) is 1. The van der Waals surface area contributed by atoms with Crippen LogP contribution in [0.3, 0.4) is 0 Å². The van der Waals surface area contributed by atoms with Gasteiger partial charge in [-0.05, 0) is 36.5 Å². The Balaban J connectivity index is 1.72. The van der Waals surface area contributed by atoms with Crippen LogP contribution >= 0.6 is 11.6 Å². The first-order valence-electron chi connectivity index (χ1n) is 9.62. The lowest BCUT2D eigenvalue weighted by molar-refractivity contribution is -0.219. The summed E-state index contributed by atoms with van der Waals surface area (Å²) in [7, 11) is 0. The zero-order valence-corrected chi connectivity index (χ0v) is 17.6. The van der Waals surface area contributed by atoms with Crippen molar-refractivity contribution < 1.29 is 19.3 Å². The standard InChI is InChI=1S/C22H28ClNO4/c1-5-22(3,4)10-11-26-21(25)28-19-14(2)24-12-17-18(19)13-27-20(17)15-6-8-16(23)9-7-15/h6-9,12,20-21,25H,5,10-11,13H2,1-4H3. The number of aromatic nitrogens is 1. The van der Waals surface area contributed by atoms with Crippen LogP contribution in [0, 0.1) is 12.3 Å². The molecule has 0 saturated heterocycles. The van der Waals surface area contributed by atoms with Gasteiger partial charge in [-0.3, -0.25) is 4.98 Å². The second kappa shape index (κ2) is 8.78. The van der Waals surface area contributed by atoms with E-state index in [1.807, 2.05) is 31.2 Å². The van der Waals surface area contributed by atoms with Crippen LogP contribution in [0.1, 0.15) is 62.1 Å². The SMILES string of the molecule is CCC(C)(C)CCOC(O)Oc1c(C)ncc2c1COC2c1ccc(Cl)cc1. The molecule has 0 radical (unpaired) electrons. The Morgan fingerprint density at radius 2 is 2.04 bits per heavy atom. The zero-order chi connectivity index (χ0) is 20.3. The lowest BCUT2D eigenvalue weighted by Crippen LogP contribution is -2.24. The highest BCUT2D eigenvalue weighted by Crippen LogP contribution is 2.41. The summed E-state index contributed by atoms with van der Waals surface area (Å²) in [5.41, 5.74) is 3.69. The van der Waals surface area contributed by atoms with Crippen molar-refractivity contribution in [2.75, 3.05) is 6.61 Å². The maximum absolute atomic E-state index is 10.2. The monoisotopic (exact) mass is 405 g/mol. The van der Waals surface area contributed by atoms with Gasteiger partial charge in [0.15, 0.2) is 5.75 Å². The number of rotatable bonds is 8. The van der Waals surface area contributed by atoms with Crippen molar-refractivity contribution in [1.29, 1.82) is 0 Å². The first kappa shape index (κ1) is 21.1. The lowest BCUT2D eigenvalue weighted by atomic mass is 9.87. The Kier molecular flexibility index (Phi) is 6.61. The minimum atomic E-state index is -1.34. The molecule has 1 aromatic heterocycles. The van der Waals surface area contributed by atoms with Crippen molar-refractivity contribution in [2.24, 2.45) is 5.41 Å². The molecule has 2 heterocycles. The average molecular weight is 406 g/mol. The lowest BCUT2D eigenvalue weighted by Gasteiger charge is -2.23. The van der Waals surface area contributed by atoms with Crippen LogP contribution in [0.15, 0.2) is 30.5 Å². The number of hydrogen-bond donors (Lipinski definition) is 1. The maximum Gasteiger partial charge on any atom is 0.313 e. The van der Waals surface area contributed by atoms with Gasteiger partial charge in [0.25, 0.3) is 0 Å². The van der Waals surface area contributed by atoms with Crippen LogP contribution in [0.5, 0.6) is 5.75 Å². The van der Waals surface area contributed by atoms with Gasteiger partial charge < -0.3 is 19.3 Å². The molecule has 0 saturated carbocycles. The van der Waals surface area contributed by atoms with E-state index < -0.39 is 6.48 Å². The van der Waals surface area contributed by atoms with Crippen molar-refractivity contribution in [3.05, 3.63) is 57.9 Å². The van der Waals surface area contributed by atoms with Gasteiger partial charge in [-0.2, -0.15) is 0 Å². The van der Waals surface area contributed by atoms with Gasteiger partial charge in [0.2, 0.25) is 0 Å². The van der Waals surface area contributed by atoms with Gasteiger partial charge in [-0.15, -0.1) is 0 Å². The van der Waals surface area contributed by atoms with Gasteiger partial charge in [0.1, 0.15) is 6.10 Å². The van der Waals surface area contributed by atoms with Crippen molar-refractivity contribution in [1.82, 2.24) is 4.98 Å². The summed E-state index contributed by atoms with van der Waals surface area (Å²) in [6.07, 6.45) is 3.47. The number of hydrogen-bond acceptors (Lipinski definition) is 5. The number of ether oxygens (including phenoxy) is 3. The molecular formula is C22H28ClNO4. The maximum atomic E-state index is 10.2. The summed E-state index contributed by atoms with van der Waals surface area (Å²) in [6, 6.07) is 7.56. The topological polar surface area (TPSA) is 60.8 Å². The Morgan fingerprint density at radius 1 is 1.32 bits per heavy atom. The molecule has 0 amide bonds. The molecule has 0 fully saturated rings. The quantitative estimate of drug-likeness (QED) is 0.614.